The lowest BCUT2D eigenvalue weighted by molar-refractivity contribution is 0.246. The number of urea groups is 1. The Hall–Kier alpha value is -2.08. The molecule has 6 heteroatoms. The van der Waals surface area contributed by atoms with Crippen molar-refractivity contribution in [3.05, 3.63) is 39.8 Å². The molecule has 0 fully saturated rings. The maximum Gasteiger partial charge on any atom is 0.321 e. The minimum absolute atomic E-state index is 0.0388. The number of aryl methyl sites for hydroxylation is 2. The van der Waals surface area contributed by atoms with Crippen LogP contribution in [0.2, 0.25) is 0 Å². The van der Waals surface area contributed by atoms with E-state index in [0.29, 0.717) is 6.54 Å². The first kappa shape index (κ1) is 15.8. The van der Waals surface area contributed by atoms with Crippen LogP contribution in [-0.2, 0) is 12.8 Å². The number of amides is 2. The first-order valence-corrected chi connectivity index (χ1v) is 8.68. The van der Waals surface area contributed by atoms with Crippen molar-refractivity contribution in [1.29, 1.82) is 0 Å². The Kier molecular flexibility index (Phi) is 4.81. The minimum Gasteiger partial charge on any atom is -0.497 e. The van der Waals surface area contributed by atoms with Crippen molar-refractivity contribution in [2.24, 2.45) is 0 Å². The highest BCUT2D eigenvalue weighted by atomic mass is 32.1. The summed E-state index contributed by atoms with van der Waals surface area (Å²) in [7, 11) is 1.66. The normalized spacial score (nSPS) is 13.6. The van der Waals surface area contributed by atoms with Crippen molar-refractivity contribution < 1.29 is 9.53 Å². The van der Waals surface area contributed by atoms with Gasteiger partial charge >= 0.3 is 6.03 Å². The van der Waals surface area contributed by atoms with Crippen LogP contribution in [0.15, 0.2) is 23.6 Å². The van der Waals surface area contributed by atoms with Crippen molar-refractivity contribution in [2.75, 3.05) is 25.1 Å². The zero-order valence-electron chi connectivity index (χ0n) is 13.5. The summed E-state index contributed by atoms with van der Waals surface area (Å²) in [6, 6.07) is 5.86. The van der Waals surface area contributed by atoms with Crippen molar-refractivity contribution in [3.63, 3.8) is 0 Å². The molecule has 23 heavy (non-hydrogen) atoms. The predicted octanol–water partition coefficient (Wildman–Crippen LogP) is 3.17. The smallest absolute Gasteiger partial charge is 0.321 e. The Balaban J connectivity index is 1.62. The first-order valence-electron chi connectivity index (χ1n) is 7.80. The molecule has 2 aromatic rings. The lowest BCUT2D eigenvalue weighted by atomic mass is 10.0. The molecule has 0 unspecified atom stereocenters. The van der Waals surface area contributed by atoms with Crippen LogP contribution in [0.5, 0.6) is 5.75 Å². The van der Waals surface area contributed by atoms with Crippen LogP contribution in [0.25, 0.3) is 0 Å². The average molecular weight is 331 g/mol. The molecule has 0 spiro atoms. The second-order valence-electron chi connectivity index (χ2n) is 5.59. The number of fused-ring (bicyclic) bond motifs is 1. The van der Waals surface area contributed by atoms with E-state index in [-0.39, 0.29) is 6.03 Å². The van der Waals surface area contributed by atoms with E-state index < -0.39 is 0 Å². The van der Waals surface area contributed by atoms with Crippen molar-refractivity contribution in [3.8, 4) is 5.75 Å². The average Bonchev–Trinajstić information content (AvgIpc) is 2.99. The van der Waals surface area contributed by atoms with Crippen LogP contribution in [0.4, 0.5) is 10.5 Å². The van der Waals surface area contributed by atoms with Gasteiger partial charge in [-0.2, -0.15) is 0 Å². The Morgan fingerprint density at radius 3 is 3.09 bits per heavy atom. The molecule has 0 radical (unpaired) electrons. The summed E-state index contributed by atoms with van der Waals surface area (Å²) in [5, 5.41) is 6.11. The molecule has 1 N–H and O–H groups in total. The SMILES string of the molecule is COc1ccc2c(c1)CCCN2C(=O)NCCc1csc(C)n1. The number of thiazole rings is 1. The molecule has 0 bridgehead atoms. The quantitative estimate of drug-likeness (QED) is 0.936. The Morgan fingerprint density at radius 2 is 2.35 bits per heavy atom. The number of rotatable bonds is 4. The molecule has 0 saturated heterocycles. The number of aromatic nitrogens is 1. The highest BCUT2D eigenvalue weighted by Gasteiger charge is 2.22. The summed E-state index contributed by atoms with van der Waals surface area (Å²) >= 11 is 1.64. The fraction of sp³-hybridized carbons (Fsp3) is 0.412. The molecule has 1 aromatic carbocycles. The van der Waals surface area contributed by atoms with E-state index >= 15 is 0 Å². The van der Waals surface area contributed by atoms with E-state index in [1.54, 1.807) is 18.4 Å². The molecule has 1 aliphatic heterocycles. The third kappa shape index (κ3) is 3.64. The van der Waals surface area contributed by atoms with Gasteiger partial charge in [-0.15, -0.1) is 11.3 Å². The second-order valence-corrected chi connectivity index (χ2v) is 6.65. The molecule has 0 aliphatic carbocycles. The van der Waals surface area contributed by atoms with Gasteiger partial charge in [-0.1, -0.05) is 0 Å². The fourth-order valence-corrected chi connectivity index (χ4v) is 3.47. The van der Waals surface area contributed by atoms with Gasteiger partial charge in [-0.25, -0.2) is 9.78 Å². The van der Waals surface area contributed by atoms with Gasteiger partial charge in [-0.05, 0) is 43.5 Å². The van der Waals surface area contributed by atoms with Crippen LogP contribution in [-0.4, -0.2) is 31.2 Å². The summed E-state index contributed by atoms with van der Waals surface area (Å²) < 4.78 is 5.27. The second kappa shape index (κ2) is 7.00. The van der Waals surface area contributed by atoms with E-state index in [4.69, 9.17) is 4.74 Å². The van der Waals surface area contributed by atoms with Crippen molar-refractivity contribution >= 4 is 23.1 Å². The maximum absolute atomic E-state index is 12.5. The molecular formula is C17H21N3O2S. The van der Waals surface area contributed by atoms with Gasteiger partial charge in [0.1, 0.15) is 5.75 Å². The van der Waals surface area contributed by atoms with E-state index in [1.165, 1.54) is 5.56 Å². The predicted molar refractivity (Wildman–Crippen MR) is 92.6 cm³/mol. The van der Waals surface area contributed by atoms with E-state index in [0.717, 1.165) is 47.9 Å². The fourth-order valence-electron chi connectivity index (χ4n) is 2.83. The van der Waals surface area contributed by atoms with Crippen LogP contribution in [0.3, 0.4) is 0 Å². The van der Waals surface area contributed by atoms with Crippen LogP contribution in [0, 0.1) is 6.92 Å². The summed E-state index contributed by atoms with van der Waals surface area (Å²) in [5.74, 6) is 0.838. The van der Waals surface area contributed by atoms with Crippen LogP contribution >= 0.6 is 11.3 Å². The number of nitrogens with one attached hydrogen (secondary N) is 1. The number of hydrogen-bond acceptors (Lipinski definition) is 4. The van der Waals surface area contributed by atoms with Gasteiger partial charge in [0.2, 0.25) is 0 Å². The Morgan fingerprint density at radius 1 is 1.48 bits per heavy atom. The minimum atomic E-state index is -0.0388. The summed E-state index contributed by atoms with van der Waals surface area (Å²) in [6.07, 6.45) is 2.71. The maximum atomic E-state index is 12.5. The molecule has 2 amide bonds. The number of benzene rings is 1. The van der Waals surface area contributed by atoms with E-state index in [2.05, 4.69) is 10.3 Å². The van der Waals surface area contributed by atoms with Gasteiger partial charge in [0.05, 0.1) is 17.8 Å². The van der Waals surface area contributed by atoms with Gasteiger partial charge in [0.25, 0.3) is 0 Å². The molecule has 0 saturated carbocycles. The van der Waals surface area contributed by atoms with E-state index in [1.807, 2.05) is 35.4 Å². The van der Waals surface area contributed by atoms with Crippen LogP contribution < -0.4 is 15.0 Å². The summed E-state index contributed by atoms with van der Waals surface area (Å²) in [5.41, 5.74) is 3.19. The standard InChI is InChI=1S/C17H21N3O2S/c1-12-19-14(11-23-12)7-8-18-17(21)20-9-3-4-13-10-15(22-2)5-6-16(13)20/h5-6,10-11H,3-4,7-9H2,1-2H3,(H,18,21). The third-order valence-electron chi connectivity index (χ3n) is 3.97. The molecule has 1 aromatic heterocycles. The molecule has 1 aliphatic rings. The topological polar surface area (TPSA) is 54.5 Å². The number of methoxy groups -OCH3 is 1. The van der Waals surface area contributed by atoms with E-state index in [9.17, 15) is 4.79 Å². The molecule has 5 nitrogen and oxygen atoms in total. The number of nitrogens with zero attached hydrogens (tertiary/aromatic N) is 2. The summed E-state index contributed by atoms with van der Waals surface area (Å²) in [6.45, 7) is 3.34. The lowest BCUT2D eigenvalue weighted by Crippen LogP contribution is -2.43. The number of hydrogen-bond donors (Lipinski definition) is 1. The zero-order chi connectivity index (χ0) is 16.2. The Labute approximate surface area is 140 Å². The lowest BCUT2D eigenvalue weighted by Gasteiger charge is -2.29. The third-order valence-corrected chi connectivity index (χ3v) is 4.80. The highest BCUT2D eigenvalue weighted by molar-refractivity contribution is 7.09. The molecular weight excluding hydrogens is 310 g/mol. The molecule has 0 atom stereocenters. The van der Waals surface area contributed by atoms with Gasteiger partial charge in [0, 0.05) is 30.6 Å². The van der Waals surface area contributed by atoms with Gasteiger partial charge < -0.3 is 10.1 Å². The number of carbonyl (C=O) groups is 1. The zero-order valence-corrected chi connectivity index (χ0v) is 14.3. The van der Waals surface area contributed by atoms with Crippen molar-refractivity contribution in [1.82, 2.24) is 10.3 Å². The van der Waals surface area contributed by atoms with Crippen molar-refractivity contribution in [2.45, 2.75) is 26.2 Å². The largest absolute Gasteiger partial charge is 0.497 e. The first-order chi connectivity index (χ1) is 11.2. The van der Waals surface area contributed by atoms with Gasteiger partial charge in [-0.3, -0.25) is 4.90 Å². The summed E-state index contributed by atoms with van der Waals surface area (Å²) in [4.78, 5) is 18.7. The number of carbonyl (C=O) groups excluding carboxylic acids is 1. The Bertz CT molecular complexity index is 699. The monoisotopic (exact) mass is 331 g/mol. The molecule has 3 rings (SSSR count). The van der Waals surface area contributed by atoms with Crippen LogP contribution in [0.1, 0.15) is 22.7 Å². The van der Waals surface area contributed by atoms with Gasteiger partial charge in [0.15, 0.2) is 0 Å². The highest BCUT2D eigenvalue weighted by Crippen LogP contribution is 2.30. The number of ether oxygens (including phenoxy) is 1. The molecule has 122 valence electrons. The number of anilines is 1. The molecule has 2 heterocycles.